The Labute approximate surface area is 155 Å². The van der Waals surface area contributed by atoms with Gasteiger partial charge in [-0.25, -0.2) is 9.36 Å². The van der Waals surface area contributed by atoms with Crippen LogP contribution in [0, 0.1) is 5.92 Å². The van der Waals surface area contributed by atoms with E-state index in [0.29, 0.717) is 12.5 Å². The molecule has 2 heterocycles. The molecule has 0 saturated carbocycles. The van der Waals surface area contributed by atoms with Crippen molar-refractivity contribution in [2.75, 3.05) is 18.5 Å². The van der Waals surface area contributed by atoms with Gasteiger partial charge in [0.25, 0.3) is 0 Å². The predicted octanol–water partition coefficient (Wildman–Crippen LogP) is 0.861. The highest BCUT2D eigenvalue weighted by Gasteiger charge is 2.70. The maximum Gasteiger partial charge on any atom is 0.353 e. The van der Waals surface area contributed by atoms with E-state index in [1.165, 1.54) is 6.07 Å². The molecular weight excluding hydrogens is 364 g/mol. The summed E-state index contributed by atoms with van der Waals surface area (Å²) in [6.45, 7) is 3.80. The van der Waals surface area contributed by atoms with Gasteiger partial charge in [-0.3, -0.25) is 0 Å². The summed E-state index contributed by atoms with van der Waals surface area (Å²) < 4.78 is 33.5. The van der Waals surface area contributed by atoms with Crippen LogP contribution >= 0.6 is 0 Å². The number of aliphatic hydroxyl groups is 3. The zero-order chi connectivity index (χ0) is 20.2. The Morgan fingerprint density at radius 2 is 2.00 bits per heavy atom. The first-order chi connectivity index (χ1) is 12.7. The van der Waals surface area contributed by atoms with Gasteiger partial charge in [-0.2, -0.15) is 13.8 Å². The fourth-order valence-electron chi connectivity index (χ4n) is 3.28. The lowest BCUT2D eigenvalue weighted by Crippen LogP contribution is -2.55. The average molecular weight is 391 g/mol. The molecule has 1 aromatic rings. The van der Waals surface area contributed by atoms with Crippen molar-refractivity contribution in [2.24, 2.45) is 5.92 Å². The Balaban J connectivity index is 2.20. The lowest BCUT2D eigenvalue weighted by Gasteiger charge is -2.29. The standard InChI is InChI=1S/C17H27F2N3O5/c1-3-5-11(6-4-2)9-20-13-7-8-22(15(25)21-13)17(26)16(18,19)14(24)12(10-23)27-17/h7-8,11-12,14,23-24,26H,3-6,9-10H2,1-2H3,(H,20,21,25)/t12-,14-,17-/m1/s1. The molecule has 0 radical (unpaired) electrons. The van der Waals surface area contributed by atoms with Gasteiger partial charge in [0.1, 0.15) is 11.9 Å². The van der Waals surface area contributed by atoms with Crippen LogP contribution in [-0.4, -0.2) is 56.2 Å². The average Bonchev–Trinajstić information content (AvgIpc) is 2.80. The number of rotatable bonds is 9. The highest BCUT2D eigenvalue weighted by atomic mass is 19.3. The molecule has 0 unspecified atom stereocenters. The number of aromatic nitrogens is 2. The number of anilines is 1. The molecule has 1 saturated heterocycles. The number of aliphatic hydroxyl groups excluding tert-OH is 2. The fraction of sp³-hybridized carbons (Fsp3) is 0.765. The molecule has 27 heavy (non-hydrogen) atoms. The predicted molar refractivity (Wildman–Crippen MR) is 93.4 cm³/mol. The van der Waals surface area contributed by atoms with Crippen molar-refractivity contribution in [2.45, 2.75) is 63.6 Å². The number of hydrogen-bond acceptors (Lipinski definition) is 7. The van der Waals surface area contributed by atoms with E-state index in [0.717, 1.165) is 31.9 Å². The molecule has 3 atom stereocenters. The minimum atomic E-state index is -4.21. The molecule has 1 aliphatic rings. The van der Waals surface area contributed by atoms with E-state index in [1.54, 1.807) is 0 Å². The first kappa shape index (κ1) is 21.7. The highest BCUT2D eigenvalue weighted by molar-refractivity contribution is 5.32. The Kier molecular flexibility index (Phi) is 6.90. The number of halogens is 2. The van der Waals surface area contributed by atoms with Gasteiger partial charge in [0, 0.05) is 12.7 Å². The second-order valence-electron chi connectivity index (χ2n) is 6.80. The zero-order valence-corrected chi connectivity index (χ0v) is 15.4. The van der Waals surface area contributed by atoms with Crippen LogP contribution in [0.2, 0.25) is 0 Å². The lowest BCUT2D eigenvalue weighted by atomic mass is 9.98. The van der Waals surface area contributed by atoms with Crippen LogP contribution in [0.4, 0.5) is 14.6 Å². The summed E-state index contributed by atoms with van der Waals surface area (Å²) in [5, 5.41) is 31.9. The van der Waals surface area contributed by atoms with E-state index >= 15 is 0 Å². The molecule has 0 spiro atoms. The van der Waals surface area contributed by atoms with Crippen LogP contribution in [0.5, 0.6) is 0 Å². The van der Waals surface area contributed by atoms with Crippen molar-refractivity contribution in [3.63, 3.8) is 0 Å². The van der Waals surface area contributed by atoms with Gasteiger partial charge in [0.05, 0.1) is 6.61 Å². The van der Waals surface area contributed by atoms with Gasteiger partial charge in [-0.15, -0.1) is 0 Å². The van der Waals surface area contributed by atoms with Gasteiger partial charge in [-0.1, -0.05) is 26.7 Å². The number of nitrogens with zero attached hydrogens (tertiary/aromatic N) is 2. The summed E-state index contributed by atoms with van der Waals surface area (Å²) in [7, 11) is 0. The number of ether oxygens (including phenoxy) is 1. The SMILES string of the molecule is CCCC(CCC)CNc1ccn([C@]2(O)O[C@H](CO)[C@@H](O)C2(F)F)c(=O)n1. The molecular formula is C17H27F2N3O5. The second kappa shape index (κ2) is 8.59. The Morgan fingerprint density at radius 3 is 2.48 bits per heavy atom. The Morgan fingerprint density at radius 1 is 1.37 bits per heavy atom. The molecule has 0 bridgehead atoms. The molecule has 0 aliphatic carbocycles. The molecule has 0 amide bonds. The second-order valence-corrected chi connectivity index (χ2v) is 6.80. The summed E-state index contributed by atoms with van der Waals surface area (Å²) in [4.78, 5) is 15.9. The van der Waals surface area contributed by atoms with Crippen molar-refractivity contribution in [1.82, 2.24) is 9.55 Å². The summed E-state index contributed by atoms with van der Waals surface area (Å²) in [5.41, 5.74) is -1.17. The third-order valence-electron chi connectivity index (χ3n) is 4.75. The summed E-state index contributed by atoms with van der Waals surface area (Å²) >= 11 is 0. The molecule has 0 aromatic carbocycles. The van der Waals surface area contributed by atoms with Crippen molar-refractivity contribution in [3.05, 3.63) is 22.7 Å². The fourth-order valence-corrected chi connectivity index (χ4v) is 3.28. The van der Waals surface area contributed by atoms with E-state index in [4.69, 9.17) is 9.84 Å². The minimum Gasteiger partial charge on any atom is -0.394 e. The normalized spacial score (nSPS) is 27.3. The number of nitrogens with one attached hydrogen (secondary N) is 1. The first-order valence-corrected chi connectivity index (χ1v) is 9.12. The van der Waals surface area contributed by atoms with Gasteiger partial charge >= 0.3 is 17.5 Å². The third-order valence-corrected chi connectivity index (χ3v) is 4.75. The monoisotopic (exact) mass is 391 g/mol. The maximum absolute atomic E-state index is 14.3. The van der Waals surface area contributed by atoms with Gasteiger partial charge in [0.15, 0.2) is 6.10 Å². The minimum absolute atomic E-state index is 0.192. The van der Waals surface area contributed by atoms with Crippen molar-refractivity contribution in [1.29, 1.82) is 0 Å². The number of alkyl halides is 2. The van der Waals surface area contributed by atoms with E-state index in [-0.39, 0.29) is 10.4 Å². The topological polar surface area (TPSA) is 117 Å². The van der Waals surface area contributed by atoms with E-state index < -0.39 is 36.3 Å². The smallest absolute Gasteiger partial charge is 0.353 e. The van der Waals surface area contributed by atoms with Crippen LogP contribution < -0.4 is 11.0 Å². The Bertz CT molecular complexity index is 681. The maximum atomic E-state index is 14.3. The molecule has 4 N–H and O–H groups in total. The highest BCUT2D eigenvalue weighted by Crippen LogP contribution is 2.45. The van der Waals surface area contributed by atoms with Crippen LogP contribution in [0.25, 0.3) is 0 Å². The third kappa shape index (κ3) is 4.13. The van der Waals surface area contributed by atoms with E-state index in [1.807, 2.05) is 0 Å². The molecule has 1 aromatic heterocycles. The molecule has 8 nitrogen and oxygen atoms in total. The van der Waals surface area contributed by atoms with Gasteiger partial charge in [-0.05, 0) is 24.8 Å². The largest absolute Gasteiger partial charge is 0.394 e. The molecule has 2 rings (SSSR count). The van der Waals surface area contributed by atoms with E-state index in [2.05, 4.69) is 24.1 Å². The van der Waals surface area contributed by atoms with Gasteiger partial charge < -0.3 is 25.4 Å². The van der Waals surface area contributed by atoms with Crippen LogP contribution in [-0.2, 0) is 10.6 Å². The number of hydrogen-bond donors (Lipinski definition) is 4. The lowest BCUT2D eigenvalue weighted by molar-refractivity contribution is -0.341. The summed E-state index contributed by atoms with van der Waals surface area (Å²) in [6, 6.07) is 1.27. The quantitative estimate of drug-likeness (QED) is 0.493. The molecule has 1 fully saturated rings. The summed E-state index contributed by atoms with van der Waals surface area (Å²) in [5.74, 6) is -7.06. The molecule has 1 aliphatic heterocycles. The summed E-state index contributed by atoms with van der Waals surface area (Å²) in [6.07, 6.45) is 0.785. The first-order valence-electron chi connectivity index (χ1n) is 9.12. The van der Waals surface area contributed by atoms with Crippen molar-refractivity contribution >= 4 is 5.82 Å². The van der Waals surface area contributed by atoms with Crippen LogP contribution in [0.15, 0.2) is 17.1 Å². The molecule has 10 heteroatoms. The van der Waals surface area contributed by atoms with E-state index in [9.17, 15) is 23.8 Å². The van der Waals surface area contributed by atoms with Crippen LogP contribution in [0.1, 0.15) is 39.5 Å². The zero-order valence-electron chi connectivity index (χ0n) is 15.4. The van der Waals surface area contributed by atoms with Crippen molar-refractivity contribution in [3.8, 4) is 0 Å². The molecule has 154 valence electrons. The Hall–Kier alpha value is -1.62. The van der Waals surface area contributed by atoms with Gasteiger partial charge in [0.2, 0.25) is 0 Å². The van der Waals surface area contributed by atoms with Crippen molar-refractivity contribution < 1.29 is 28.8 Å². The van der Waals surface area contributed by atoms with Crippen LogP contribution in [0.3, 0.4) is 0 Å².